The molecule has 2 heterocycles. The molecule has 1 aromatic carbocycles. The van der Waals surface area contributed by atoms with Crippen LogP contribution < -0.4 is 0 Å². The molecule has 0 aliphatic carbocycles. The minimum absolute atomic E-state index is 0.145. The fraction of sp³-hybridized carbons (Fsp3) is 0.500. The Morgan fingerprint density at radius 1 is 1.33 bits per heavy atom. The molecule has 0 amide bonds. The first-order chi connectivity index (χ1) is 12.8. The first kappa shape index (κ1) is 19.6. The predicted molar refractivity (Wildman–Crippen MR) is 96.4 cm³/mol. The van der Waals surface area contributed by atoms with Crippen LogP contribution in [0.3, 0.4) is 0 Å². The molecule has 0 N–H and O–H groups in total. The lowest BCUT2D eigenvalue weighted by Gasteiger charge is -2.32. The zero-order valence-corrected chi connectivity index (χ0v) is 15.6. The lowest BCUT2D eigenvalue weighted by atomic mass is 9.89. The van der Waals surface area contributed by atoms with Gasteiger partial charge in [0.1, 0.15) is 0 Å². The molecule has 1 saturated heterocycles. The third-order valence-electron chi connectivity index (χ3n) is 5.12. The average molecular weight is 379 g/mol. The van der Waals surface area contributed by atoms with Gasteiger partial charge in [-0.25, -0.2) is 0 Å². The van der Waals surface area contributed by atoms with Crippen LogP contribution >= 0.6 is 0 Å². The van der Waals surface area contributed by atoms with Crippen LogP contribution in [0.15, 0.2) is 30.5 Å². The van der Waals surface area contributed by atoms with Crippen LogP contribution in [0.25, 0.3) is 0 Å². The van der Waals surface area contributed by atoms with E-state index in [0.717, 1.165) is 42.9 Å². The van der Waals surface area contributed by atoms with E-state index in [0.29, 0.717) is 19.5 Å². The van der Waals surface area contributed by atoms with Gasteiger partial charge < -0.3 is 0 Å². The van der Waals surface area contributed by atoms with E-state index in [9.17, 15) is 18.0 Å². The maximum absolute atomic E-state index is 12.9. The zero-order valence-electron chi connectivity index (χ0n) is 15.6. The summed E-state index contributed by atoms with van der Waals surface area (Å²) < 4.78 is 40.6. The number of carbonyl (C=O) groups excluding carboxylic acids is 1. The van der Waals surface area contributed by atoms with Crippen LogP contribution in [0.5, 0.6) is 0 Å². The number of aryl methyl sites for hydroxylation is 2. The monoisotopic (exact) mass is 379 g/mol. The average Bonchev–Trinajstić information content (AvgIpc) is 3.00. The molecule has 1 atom stereocenters. The largest absolute Gasteiger partial charge is 0.416 e. The molecular formula is C20H24F3N3O. The SMILES string of the molecule is CCn1cc(CN2CCCC(C(=O)c3cccc(C(F)(F)F)c3)C2)c(C)n1. The second-order valence-corrected chi connectivity index (χ2v) is 7.11. The van der Waals surface area contributed by atoms with Crippen LogP contribution in [0, 0.1) is 12.8 Å². The number of nitrogens with zero attached hydrogens (tertiary/aromatic N) is 3. The second-order valence-electron chi connectivity index (χ2n) is 7.11. The summed E-state index contributed by atoms with van der Waals surface area (Å²) >= 11 is 0. The molecule has 1 aromatic heterocycles. The van der Waals surface area contributed by atoms with Crippen LogP contribution in [-0.2, 0) is 19.3 Å². The molecule has 0 radical (unpaired) electrons. The van der Waals surface area contributed by atoms with E-state index in [2.05, 4.69) is 10.00 Å². The molecule has 27 heavy (non-hydrogen) atoms. The standard InChI is InChI=1S/C20H24F3N3O/c1-3-26-13-17(14(2)24-26)12-25-9-5-7-16(11-25)19(27)15-6-4-8-18(10-15)20(21,22)23/h4,6,8,10,13,16H,3,5,7,9,11-12H2,1-2H3. The minimum Gasteiger partial charge on any atom is -0.298 e. The summed E-state index contributed by atoms with van der Waals surface area (Å²) in [6.07, 6.45) is -0.853. The van der Waals surface area contributed by atoms with Crippen molar-refractivity contribution in [3.8, 4) is 0 Å². The number of benzene rings is 1. The van der Waals surface area contributed by atoms with E-state index in [-0.39, 0.29) is 17.3 Å². The van der Waals surface area contributed by atoms with E-state index in [1.807, 2.05) is 24.7 Å². The molecule has 1 aliphatic rings. The molecule has 7 heteroatoms. The minimum atomic E-state index is -4.44. The Bertz CT molecular complexity index is 813. The van der Waals surface area contributed by atoms with E-state index < -0.39 is 11.7 Å². The highest BCUT2D eigenvalue weighted by molar-refractivity contribution is 5.98. The summed E-state index contributed by atoms with van der Waals surface area (Å²) in [7, 11) is 0. The number of alkyl halides is 3. The molecule has 2 aromatic rings. The Morgan fingerprint density at radius 2 is 2.11 bits per heavy atom. The first-order valence-electron chi connectivity index (χ1n) is 9.24. The molecule has 3 rings (SSSR count). The van der Waals surface area contributed by atoms with Gasteiger partial charge in [-0.3, -0.25) is 14.4 Å². The lowest BCUT2D eigenvalue weighted by Crippen LogP contribution is -2.38. The van der Waals surface area contributed by atoms with Crippen molar-refractivity contribution in [2.75, 3.05) is 13.1 Å². The summed E-state index contributed by atoms with van der Waals surface area (Å²) in [6.45, 7) is 6.95. The van der Waals surface area contributed by atoms with Crippen molar-refractivity contribution < 1.29 is 18.0 Å². The van der Waals surface area contributed by atoms with Gasteiger partial charge in [0.05, 0.1) is 11.3 Å². The molecule has 4 nitrogen and oxygen atoms in total. The van der Waals surface area contributed by atoms with Crippen molar-refractivity contribution in [3.05, 3.63) is 52.8 Å². The Balaban J connectivity index is 1.70. The summed E-state index contributed by atoms with van der Waals surface area (Å²) in [4.78, 5) is 15.0. The molecule has 1 fully saturated rings. The van der Waals surface area contributed by atoms with E-state index in [1.54, 1.807) is 0 Å². The van der Waals surface area contributed by atoms with Gasteiger partial charge in [0.2, 0.25) is 0 Å². The zero-order chi connectivity index (χ0) is 19.6. The van der Waals surface area contributed by atoms with Gasteiger partial charge in [-0.1, -0.05) is 12.1 Å². The number of Topliss-reactive ketones (excluding diaryl/α,β-unsaturated/α-hetero) is 1. The highest BCUT2D eigenvalue weighted by Gasteiger charge is 2.32. The molecule has 0 bridgehead atoms. The van der Waals surface area contributed by atoms with Crippen molar-refractivity contribution in [3.63, 3.8) is 0 Å². The number of carbonyl (C=O) groups is 1. The topological polar surface area (TPSA) is 38.1 Å². The summed E-state index contributed by atoms with van der Waals surface area (Å²) in [6, 6.07) is 4.75. The number of rotatable bonds is 5. The van der Waals surface area contributed by atoms with Gasteiger partial charge in [-0.15, -0.1) is 0 Å². The van der Waals surface area contributed by atoms with Gasteiger partial charge in [-0.2, -0.15) is 18.3 Å². The number of piperidine rings is 1. The van der Waals surface area contributed by atoms with Crippen LogP contribution in [0.4, 0.5) is 13.2 Å². The number of aromatic nitrogens is 2. The van der Waals surface area contributed by atoms with E-state index in [4.69, 9.17) is 0 Å². The van der Waals surface area contributed by atoms with E-state index >= 15 is 0 Å². The van der Waals surface area contributed by atoms with Gasteiger partial charge in [0.25, 0.3) is 0 Å². The normalized spacial score (nSPS) is 18.6. The number of likely N-dealkylation sites (tertiary alicyclic amines) is 1. The smallest absolute Gasteiger partial charge is 0.298 e. The van der Waals surface area contributed by atoms with Crippen LogP contribution in [-0.4, -0.2) is 33.6 Å². The Morgan fingerprint density at radius 3 is 2.78 bits per heavy atom. The number of hydrogen-bond donors (Lipinski definition) is 0. The molecular weight excluding hydrogens is 355 g/mol. The van der Waals surface area contributed by atoms with Crippen LogP contribution in [0.1, 0.15) is 46.9 Å². The molecule has 0 spiro atoms. The maximum Gasteiger partial charge on any atom is 0.416 e. The molecule has 146 valence electrons. The van der Waals surface area contributed by atoms with Gasteiger partial charge in [0.15, 0.2) is 5.78 Å². The van der Waals surface area contributed by atoms with Gasteiger partial charge >= 0.3 is 6.18 Å². The Kier molecular flexibility index (Phi) is 5.69. The highest BCUT2D eigenvalue weighted by Crippen LogP contribution is 2.31. The fourth-order valence-corrected chi connectivity index (χ4v) is 3.61. The third kappa shape index (κ3) is 4.58. The maximum atomic E-state index is 12.9. The van der Waals surface area contributed by atoms with Crippen molar-refractivity contribution >= 4 is 5.78 Å². The van der Waals surface area contributed by atoms with Crippen molar-refractivity contribution in [1.82, 2.24) is 14.7 Å². The van der Waals surface area contributed by atoms with Crippen molar-refractivity contribution in [2.45, 2.75) is 46.0 Å². The predicted octanol–water partition coefficient (Wildman–Crippen LogP) is 4.33. The first-order valence-corrected chi connectivity index (χ1v) is 9.24. The molecule has 1 unspecified atom stereocenters. The molecule has 1 aliphatic heterocycles. The van der Waals surface area contributed by atoms with Gasteiger partial charge in [-0.05, 0) is 45.4 Å². The highest BCUT2D eigenvalue weighted by atomic mass is 19.4. The quantitative estimate of drug-likeness (QED) is 0.726. The summed E-state index contributed by atoms with van der Waals surface area (Å²) in [5.41, 5.74) is 1.47. The molecule has 0 saturated carbocycles. The third-order valence-corrected chi connectivity index (χ3v) is 5.12. The lowest BCUT2D eigenvalue weighted by molar-refractivity contribution is -0.137. The number of hydrogen-bond acceptors (Lipinski definition) is 3. The summed E-state index contributed by atoms with van der Waals surface area (Å²) in [5, 5.41) is 4.45. The van der Waals surface area contributed by atoms with E-state index in [1.165, 1.54) is 12.1 Å². The number of halogens is 3. The van der Waals surface area contributed by atoms with Crippen LogP contribution in [0.2, 0.25) is 0 Å². The Labute approximate surface area is 157 Å². The van der Waals surface area contributed by atoms with Crippen molar-refractivity contribution in [1.29, 1.82) is 0 Å². The summed E-state index contributed by atoms with van der Waals surface area (Å²) in [5.74, 6) is -0.476. The van der Waals surface area contributed by atoms with Crippen molar-refractivity contribution in [2.24, 2.45) is 5.92 Å². The number of ketones is 1. The van der Waals surface area contributed by atoms with Gasteiger partial charge in [0, 0.05) is 42.9 Å². The Hall–Kier alpha value is -2.15. The fourth-order valence-electron chi connectivity index (χ4n) is 3.61. The second kappa shape index (κ2) is 7.84.